The van der Waals surface area contributed by atoms with E-state index in [9.17, 15) is 4.79 Å². The number of aliphatic imine (C=N–C) groups is 1. The average Bonchev–Trinajstić information content (AvgIpc) is 3.00. The van der Waals surface area contributed by atoms with Gasteiger partial charge < -0.3 is 16.0 Å². The van der Waals surface area contributed by atoms with E-state index in [0.717, 1.165) is 16.9 Å². The smallest absolute Gasteiger partial charge is 0.226 e. The van der Waals surface area contributed by atoms with Gasteiger partial charge in [0.25, 0.3) is 0 Å². The summed E-state index contributed by atoms with van der Waals surface area (Å²) in [5.74, 6) is 0.549. The van der Waals surface area contributed by atoms with E-state index in [1.165, 1.54) is 0 Å². The van der Waals surface area contributed by atoms with Crippen LogP contribution in [-0.4, -0.2) is 35.2 Å². The molecular formula is C17H24ClIN6O. The second-order valence-corrected chi connectivity index (χ2v) is 5.92. The van der Waals surface area contributed by atoms with Crippen molar-refractivity contribution in [2.75, 3.05) is 18.9 Å². The van der Waals surface area contributed by atoms with Gasteiger partial charge in [0.1, 0.15) is 0 Å². The minimum Gasteiger partial charge on any atom is -0.356 e. The van der Waals surface area contributed by atoms with Crippen LogP contribution in [0.25, 0.3) is 0 Å². The van der Waals surface area contributed by atoms with E-state index < -0.39 is 0 Å². The predicted molar refractivity (Wildman–Crippen MR) is 116 cm³/mol. The highest BCUT2D eigenvalue weighted by Crippen LogP contribution is 2.22. The van der Waals surface area contributed by atoms with Gasteiger partial charge in [-0.05, 0) is 30.7 Å². The molecule has 1 heterocycles. The zero-order chi connectivity index (χ0) is 18.2. The number of anilines is 1. The van der Waals surface area contributed by atoms with Gasteiger partial charge in [-0.2, -0.15) is 5.10 Å². The minimum atomic E-state index is -0.0834. The number of carbonyl (C=O) groups is 1. The van der Waals surface area contributed by atoms with Gasteiger partial charge in [-0.25, -0.2) is 0 Å². The Morgan fingerprint density at radius 2 is 2.08 bits per heavy atom. The zero-order valence-corrected chi connectivity index (χ0v) is 18.1. The number of hydrogen-bond acceptors (Lipinski definition) is 3. The van der Waals surface area contributed by atoms with E-state index in [-0.39, 0.29) is 29.9 Å². The molecule has 0 unspecified atom stereocenters. The van der Waals surface area contributed by atoms with Crippen molar-refractivity contribution in [3.8, 4) is 0 Å². The molecule has 0 bridgehead atoms. The Balaban J connectivity index is 0.00000338. The number of guanidine groups is 1. The largest absolute Gasteiger partial charge is 0.356 e. The highest BCUT2D eigenvalue weighted by molar-refractivity contribution is 14.0. The molecule has 0 aliphatic heterocycles. The fourth-order valence-corrected chi connectivity index (χ4v) is 2.39. The molecule has 0 fully saturated rings. The maximum Gasteiger partial charge on any atom is 0.226 e. The van der Waals surface area contributed by atoms with Crippen LogP contribution in [0.5, 0.6) is 0 Å². The standard InChI is InChI=1S/C17H23ClN6O.HI/c1-12-14(18)5-4-6-15(12)23-16(25)8-9-20-17(19-2)21-11-13-7-10-22-24(13)3;/h4-7,10H,8-9,11H2,1-3H3,(H,23,25)(H2,19,20,21);1H. The van der Waals surface area contributed by atoms with Crippen LogP contribution in [0.2, 0.25) is 5.02 Å². The van der Waals surface area contributed by atoms with Gasteiger partial charge in [0.2, 0.25) is 5.91 Å². The molecule has 0 aliphatic carbocycles. The highest BCUT2D eigenvalue weighted by Gasteiger charge is 2.07. The molecule has 0 radical (unpaired) electrons. The second kappa shape index (κ2) is 11.0. The van der Waals surface area contributed by atoms with E-state index >= 15 is 0 Å². The first kappa shape index (κ1) is 22.2. The lowest BCUT2D eigenvalue weighted by molar-refractivity contribution is -0.116. The van der Waals surface area contributed by atoms with Gasteiger partial charge in [0.05, 0.1) is 12.2 Å². The summed E-state index contributed by atoms with van der Waals surface area (Å²) in [7, 11) is 3.57. The Labute approximate surface area is 175 Å². The topological polar surface area (TPSA) is 83.3 Å². The molecular weight excluding hydrogens is 467 g/mol. The first-order chi connectivity index (χ1) is 12.0. The lowest BCUT2D eigenvalue weighted by Crippen LogP contribution is -2.38. The summed E-state index contributed by atoms with van der Waals surface area (Å²) in [5, 5.41) is 13.9. The Bertz CT molecular complexity index is 761. The molecule has 0 saturated carbocycles. The third kappa shape index (κ3) is 6.49. The number of carbonyl (C=O) groups excluding carboxylic acids is 1. The fraction of sp³-hybridized carbons (Fsp3) is 0.353. The van der Waals surface area contributed by atoms with E-state index in [0.29, 0.717) is 30.5 Å². The van der Waals surface area contributed by atoms with Gasteiger partial charge in [0, 0.05) is 44.0 Å². The summed E-state index contributed by atoms with van der Waals surface area (Å²) in [4.78, 5) is 16.2. The molecule has 1 amide bonds. The molecule has 9 heteroatoms. The minimum absolute atomic E-state index is 0. The van der Waals surface area contributed by atoms with Gasteiger partial charge in [-0.3, -0.25) is 14.5 Å². The van der Waals surface area contributed by atoms with E-state index in [2.05, 4.69) is 26.0 Å². The van der Waals surface area contributed by atoms with E-state index in [1.54, 1.807) is 24.0 Å². The first-order valence-electron chi connectivity index (χ1n) is 7.97. The normalized spacial score (nSPS) is 10.8. The maximum atomic E-state index is 12.1. The number of aryl methyl sites for hydroxylation is 1. The second-order valence-electron chi connectivity index (χ2n) is 5.51. The summed E-state index contributed by atoms with van der Waals surface area (Å²) < 4.78 is 1.79. The monoisotopic (exact) mass is 490 g/mol. The molecule has 1 aromatic heterocycles. The van der Waals surface area contributed by atoms with Crippen molar-refractivity contribution in [3.63, 3.8) is 0 Å². The Hall–Kier alpha value is -1.81. The summed E-state index contributed by atoms with van der Waals surface area (Å²) >= 11 is 6.06. The van der Waals surface area contributed by atoms with E-state index in [4.69, 9.17) is 11.6 Å². The van der Waals surface area contributed by atoms with Crippen LogP contribution in [-0.2, 0) is 18.4 Å². The van der Waals surface area contributed by atoms with Crippen molar-refractivity contribution >= 4 is 53.1 Å². The molecule has 2 aromatic rings. The van der Waals surface area contributed by atoms with Gasteiger partial charge in [-0.15, -0.1) is 24.0 Å². The first-order valence-corrected chi connectivity index (χ1v) is 8.35. The van der Waals surface area contributed by atoms with Crippen molar-refractivity contribution in [1.29, 1.82) is 0 Å². The van der Waals surface area contributed by atoms with Crippen molar-refractivity contribution in [2.24, 2.45) is 12.0 Å². The number of aromatic nitrogens is 2. The Kier molecular flexibility index (Phi) is 9.42. The maximum absolute atomic E-state index is 12.1. The summed E-state index contributed by atoms with van der Waals surface area (Å²) in [6.45, 7) is 2.95. The van der Waals surface area contributed by atoms with Crippen molar-refractivity contribution in [3.05, 3.63) is 46.7 Å². The average molecular weight is 491 g/mol. The van der Waals surface area contributed by atoms with Crippen LogP contribution in [0.1, 0.15) is 17.7 Å². The number of nitrogens with one attached hydrogen (secondary N) is 3. The van der Waals surface area contributed by atoms with Crippen LogP contribution in [0.15, 0.2) is 35.5 Å². The predicted octanol–water partition coefficient (Wildman–Crippen LogP) is 2.69. The molecule has 2 rings (SSSR count). The van der Waals surface area contributed by atoms with Crippen LogP contribution < -0.4 is 16.0 Å². The van der Waals surface area contributed by atoms with Gasteiger partial charge in [0.15, 0.2) is 5.96 Å². The van der Waals surface area contributed by atoms with Crippen LogP contribution >= 0.6 is 35.6 Å². The van der Waals surface area contributed by atoms with Gasteiger partial charge >= 0.3 is 0 Å². The van der Waals surface area contributed by atoms with E-state index in [1.807, 2.05) is 32.2 Å². The zero-order valence-electron chi connectivity index (χ0n) is 15.0. The SMILES string of the molecule is CN=C(NCCC(=O)Nc1cccc(Cl)c1C)NCc1ccnn1C.I. The summed E-state index contributed by atoms with van der Waals surface area (Å²) in [6, 6.07) is 7.38. The molecule has 7 nitrogen and oxygen atoms in total. The van der Waals surface area contributed by atoms with Crippen LogP contribution in [0.3, 0.4) is 0 Å². The lowest BCUT2D eigenvalue weighted by Gasteiger charge is -2.13. The lowest BCUT2D eigenvalue weighted by atomic mass is 10.2. The summed E-state index contributed by atoms with van der Waals surface area (Å²) in [6.07, 6.45) is 2.06. The van der Waals surface area contributed by atoms with Crippen molar-refractivity contribution < 1.29 is 4.79 Å². The molecule has 0 saturated heterocycles. The molecule has 0 atom stereocenters. The Morgan fingerprint density at radius 1 is 1.31 bits per heavy atom. The molecule has 3 N–H and O–H groups in total. The molecule has 1 aromatic carbocycles. The molecule has 0 aliphatic rings. The number of benzene rings is 1. The highest BCUT2D eigenvalue weighted by atomic mass is 127. The molecule has 26 heavy (non-hydrogen) atoms. The third-order valence-electron chi connectivity index (χ3n) is 3.77. The Morgan fingerprint density at radius 3 is 2.73 bits per heavy atom. The quantitative estimate of drug-likeness (QED) is 0.330. The number of hydrogen-bond donors (Lipinski definition) is 3. The van der Waals surface area contributed by atoms with Gasteiger partial charge in [-0.1, -0.05) is 17.7 Å². The number of rotatable bonds is 6. The number of halogens is 2. The van der Waals surface area contributed by atoms with Crippen LogP contribution in [0.4, 0.5) is 5.69 Å². The molecule has 0 spiro atoms. The van der Waals surface area contributed by atoms with Crippen LogP contribution in [0, 0.1) is 6.92 Å². The fourth-order valence-electron chi connectivity index (χ4n) is 2.22. The summed E-state index contributed by atoms with van der Waals surface area (Å²) in [5.41, 5.74) is 2.63. The number of amides is 1. The molecule has 142 valence electrons. The number of nitrogens with zero attached hydrogens (tertiary/aromatic N) is 3. The van der Waals surface area contributed by atoms with Crippen molar-refractivity contribution in [2.45, 2.75) is 19.9 Å². The van der Waals surface area contributed by atoms with Crippen molar-refractivity contribution in [1.82, 2.24) is 20.4 Å². The third-order valence-corrected chi connectivity index (χ3v) is 4.18.